The van der Waals surface area contributed by atoms with Gasteiger partial charge in [0.1, 0.15) is 5.92 Å². The fourth-order valence-corrected chi connectivity index (χ4v) is 2.40. The average molecular weight is 305 g/mol. The number of amides is 2. The van der Waals surface area contributed by atoms with Crippen molar-refractivity contribution in [3.63, 3.8) is 0 Å². The van der Waals surface area contributed by atoms with Gasteiger partial charge in [-0.1, -0.05) is 0 Å². The number of nitrogens with zero attached hydrogens (tertiary/aromatic N) is 2. The molecule has 2 amide bonds. The van der Waals surface area contributed by atoms with E-state index in [9.17, 15) is 14.4 Å². The highest BCUT2D eigenvalue weighted by molar-refractivity contribution is 5.96. The van der Waals surface area contributed by atoms with Crippen molar-refractivity contribution >= 4 is 23.5 Å². The maximum Gasteiger partial charge on any atom is 0.315 e. The van der Waals surface area contributed by atoms with Crippen molar-refractivity contribution in [2.24, 2.45) is 11.7 Å². The SMILES string of the molecule is C[C@H](C(=O)O)C(=O)N1CCN(c2ccc(C(N)=O)cc2)CC1. The molecular formula is C15H19N3O4. The number of rotatable bonds is 4. The van der Waals surface area contributed by atoms with Gasteiger partial charge in [0.25, 0.3) is 0 Å². The fraction of sp³-hybridized carbons (Fsp3) is 0.400. The molecule has 3 N–H and O–H groups in total. The van der Waals surface area contributed by atoms with Gasteiger partial charge in [-0.05, 0) is 31.2 Å². The predicted molar refractivity (Wildman–Crippen MR) is 80.6 cm³/mol. The molecule has 1 atom stereocenters. The first kappa shape index (κ1) is 15.8. The summed E-state index contributed by atoms with van der Waals surface area (Å²) in [7, 11) is 0. The molecule has 1 heterocycles. The monoisotopic (exact) mass is 305 g/mol. The predicted octanol–water partition coefficient (Wildman–Crippen LogP) is 0.155. The number of carbonyl (C=O) groups excluding carboxylic acids is 2. The molecular weight excluding hydrogens is 286 g/mol. The smallest absolute Gasteiger partial charge is 0.315 e. The Balaban J connectivity index is 1.96. The van der Waals surface area contributed by atoms with Crippen LogP contribution in [0.2, 0.25) is 0 Å². The summed E-state index contributed by atoms with van der Waals surface area (Å²) in [4.78, 5) is 37.5. The van der Waals surface area contributed by atoms with Crippen LogP contribution >= 0.6 is 0 Å². The van der Waals surface area contributed by atoms with E-state index in [4.69, 9.17) is 10.8 Å². The van der Waals surface area contributed by atoms with Gasteiger partial charge < -0.3 is 20.6 Å². The maximum atomic E-state index is 12.0. The Labute approximate surface area is 128 Å². The van der Waals surface area contributed by atoms with E-state index in [0.717, 1.165) is 5.69 Å². The van der Waals surface area contributed by atoms with Crippen LogP contribution in [0.15, 0.2) is 24.3 Å². The van der Waals surface area contributed by atoms with Gasteiger partial charge in [-0.3, -0.25) is 14.4 Å². The largest absolute Gasteiger partial charge is 0.481 e. The summed E-state index contributed by atoms with van der Waals surface area (Å²) in [5, 5.41) is 8.89. The first-order chi connectivity index (χ1) is 10.4. The Morgan fingerprint density at radius 2 is 1.64 bits per heavy atom. The van der Waals surface area contributed by atoms with Crippen LogP contribution < -0.4 is 10.6 Å². The Hall–Kier alpha value is -2.57. The summed E-state index contributed by atoms with van der Waals surface area (Å²) >= 11 is 0. The van der Waals surface area contributed by atoms with Crippen LogP contribution in [0.3, 0.4) is 0 Å². The van der Waals surface area contributed by atoms with Crippen LogP contribution in [0.25, 0.3) is 0 Å². The van der Waals surface area contributed by atoms with Crippen molar-refractivity contribution in [2.75, 3.05) is 31.1 Å². The zero-order valence-electron chi connectivity index (χ0n) is 12.4. The molecule has 7 nitrogen and oxygen atoms in total. The molecule has 0 radical (unpaired) electrons. The molecule has 1 saturated heterocycles. The van der Waals surface area contributed by atoms with Crippen LogP contribution in [0.5, 0.6) is 0 Å². The van der Waals surface area contributed by atoms with Gasteiger partial charge >= 0.3 is 5.97 Å². The molecule has 22 heavy (non-hydrogen) atoms. The Bertz CT molecular complexity index is 577. The zero-order chi connectivity index (χ0) is 16.3. The van der Waals surface area contributed by atoms with E-state index < -0.39 is 17.8 Å². The number of nitrogens with two attached hydrogens (primary N) is 1. The van der Waals surface area contributed by atoms with E-state index in [-0.39, 0.29) is 5.91 Å². The molecule has 0 bridgehead atoms. The second kappa shape index (κ2) is 6.46. The molecule has 0 saturated carbocycles. The van der Waals surface area contributed by atoms with E-state index in [1.807, 2.05) is 12.1 Å². The first-order valence-corrected chi connectivity index (χ1v) is 7.06. The molecule has 1 aliphatic heterocycles. The number of carbonyl (C=O) groups is 3. The summed E-state index contributed by atoms with van der Waals surface area (Å²) in [5.74, 6) is -2.93. The standard InChI is InChI=1S/C15H19N3O4/c1-10(15(21)22)14(20)18-8-6-17(7-9-18)12-4-2-11(3-5-12)13(16)19/h2-5,10H,6-9H2,1H3,(H2,16,19)(H,21,22)/t10-/m0/s1. The number of aliphatic carboxylic acids is 1. The van der Waals surface area contributed by atoms with E-state index >= 15 is 0 Å². The third-order valence-electron chi connectivity index (χ3n) is 3.85. The molecule has 1 fully saturated rings. The molecule has 0 aromatic heterocycles. The Kier molecular flexibility index (Phi) is 4.65. The molecule has 0 spiro atoms. The van der Waals surface area contributed by atoms with Gasteiger partial charge in [0.2, 0.25) is 11.8 Å². The van der Waals surface area contributed by atoms with Crippen LogP contribution in [-0.4, -0.2) is 54.0 Å². The van der Waals surface area contributed by atoms with Gasteiger partial charge in [0, 0.05) is 37.4 Å². The number of benzene rings is 1. The Morgan fingerprint density at radius 3 is 2.09 bits per heavy atom. The van der Waals surface area contributed by atoms with Gasteiger partial charge in [0.05, 0.1) is 0 Å². The summed E-state index contributed by atoms with van der Waals surface area (Å²) in [6, 6.07) is 6.97. The lowest BCUT2D eigenvalue weighted by Crippen LogP contribution is -2.51. The number of piperazine rings is 1. The van der Waals surface area contributed by atoms with Crippen molar-refractivity contribution in [3.8, 4) is 0 Å². The fourth-order valence-electron chi connectivity index (χ4n) is 2.40. The van der Waals surface area contributed by atoms with Crippen molar-refractivity contribution in [1.29, 1.82) is 0 Å². The third kappa shape index (κ3) is 3.36. The van der Waals surface area contributed by atoms with Gasteiger partial charge in [-0.25, -0.2) is 0 Å². The quantitative estimate of drug-likeness (QED) is 0.771. The van der Waals surface area contributed by atoms with Gasteiger partial charge in [0.15, 0.2) is 0 Å². The lowest BCUT2D eigenvalue weighted by atomic mass is 10.1. The second-order valence-corrected chi connectivity index (χ2v) is 5.28. The van der Waals surface area contributed by atoms with Crippen LogP contribution in [0.4, 0.5) is 5.69 Å². The summed E-state index contributed by atoms with van der Waals surface area (Å²) in [6.45, 7) is 3.60. The molecule has 1 aromatic rings. The molecule has 0 aliphatic carbocycles. The summed E-state index contributed by atoms with van der Waals surface area (Å²) < 4.78 is 0. The number of hydrogen-bond acceptors (Lipinski definition) is 4. The number of carboxylic acid groups (broad SMARTS) is 1. The van der Waals surface area contributed by atoms with E-state index in [1.165, 1.54) is 6.92 Å². The lowest BCUT2D eigenvalue weighted by Gasteiger charge is -2.36. The molecule has 2 rings (SSSR count). The molecule has 118 valence electrons. The minimum absolute atomic E-state index is 0.351. The van der Waals surface area contributed by atoms with Crippen molar-refractivity contribution in [1.82, 2.24) is 4.90 Å². The number of anilines is 1. The molecule has 0 unspecified atom stereocenters. The Morgan fingerprint density at radius 1 is 1.09 bits per heavy atom. The molecule has 7 heteroatoms. The molecule has 1 aromatic carbocycles. The zero-order valence-corrected chi connectivity index (χ0v) is 12.4. The maximum absolute atomic E-state index is 12.0. The van der Waals surface area contributed by atoms with Crippen LogP contribution in [-0.2, 0) is 9.59 Å². The highest BCUT2D eigenvalue weighted by Crippen LogP contribution is 2.18. The van der Waals surface area contributed by atoms with Crippen molar-refractivity contribution < 1.29 is 19.5 Å². The van der Waals surface area contributed by atoms with Gasteiger partial charge in [-0.15, -0.1) is 0 Å². The summed E-state index contributed by atoms with van der Waals surface area (Å²) in [5.41, 5.74) is 6.60. The first-order valence-electron chi connectivity index (χ1n) is 7.06. The number of carboxylic acids is 1. The van der Waals surface area contributed by atoms with Crippen LogP contribution in [0.1, 0.15) is 17.3 Å². The minimum Gasteiger partial charge on any atom is -0.481 e. The van der Waals surface area contributed by atoms with E-state index in [2.05, 4.69) is 4.90 Å². The number of hydrogen-bond donors (Lipinski definition) is 2. The third-order valence-corrected chi connectivity index (χ3v) is 3.85. The average Bonchev–Trinajstić information content (AvgIpc) is 2.53. The number of primary amides is 1. The normalized spacial score (nSPS) is 16.2. The van der Waals surface area contributed by atoms with E-state index in [1.54, 1.807) is 17.0 Å². The second-order valence-electron chi connectivity index (χ2n) is 5.28. The van der Waals surface area contributed by atoms with Crippen LogP contribution in [0, 0.1) is 5.92 Å². The van der Waals surface area contributed by atoms with E-state index in [0.29, 0.717) is 31.7 Å². The van der Waals surface area contributed by atoms with Crippen molar-refractivity contribution in [2.45, 2.75) is 6.92 Å². The summed E-state index contributed by atoms with van der Waals surface area (Å²) in [6.07, 6.45) is 0. The highest BCUT2D eigenvalue weighted by Gasteiger charge is 2.28. The van der Waals surface area contributed by atoms with Crippen molar-refractivity contribution in [3.05, 3.63) is 29.8 Å². The van der Waals surface area contributed by atoms with Gasteiger partial charge in [-0.2, -0.15) is 0 Å². The minimum atomic E-state index is -1.10. The molecule has 1 aliphatic rings. The highest BCUT2D eigenvalue weighted by atomic mass is 16.4. The lowest BCUT2D eigenvalue weighted by molar-refractivity contribution is -0.150. The topological polar surface area (TPSA) is 104 Å².